The van der Waals surface area contributed by atoms with Crippen LogP contribution in [0, 0.1) is 6.92 Å². The van der Waals surface area contributed by atoms with Gasteiger partial charge in [-0.05, 0) is 12.0 Å². The van der Waals surface area contributed by atoms with E-state index in [1.165, 1.54) is 11.1 Å². The van der Waals surface area contributed by atoms with E-state index in [0.717, 1.165) is 19.3 Å². The summed E-state index contributed by atoms with van der Waals surface area (Å²) in [5.74, 6) is 0. The Balaban J connectivity index is 0. The topological polar surface area (TPSA) is 0 Å². The predicted molar refractivity (Wildman–Crippen MR) is 55.3 cm³/mol. The molecule has 1 rings (SSSR count). The molecule has 0 aliphatic rings. The molecule has 0 aliphatic carbocycles. The van der Waals surface area contributed by atoms with Crippen LogP contribution in [0.3, 0.4) is 0 Å². The number of rotatable bonds is 3. The molecule has 0 fully saturated rings. The van der Waals surface area contributed by atoms with Crippen molar-refractivity contribution in [3.8, 4) is 0 Å². The van der Waals surface area contributed by atoms with Gasteiger partial charge >= 0.3 is 23.1 Å². The third kappa shape index (κ3) is 5.71. The minimum atomic E-state index is 0. The Labute approximate surface area is 108 Å². The van der Waals surface area contributed by atoms with E-state index in [1.54, 1.807) is 0 Å². The van der Waals surface area contributed by atoms with Gasteiger partial charge in [0.15, 0.2) is 0 Å². The number of halogens is 1. The monoisotopic (exact) mass is 250 g/mol. The maximum Gasteiger partial charge on any atom is 2.00 e. The molecule has 0 nitrogen and oxygen atoms in total. The van der Waals surface area contributed by atoms with Crippen molar-refractivity contribution >= 4 is 23.1 Å². The van der Waals surface area contributed by atoms with Gasteiger partial charge in [-0.15, -0.1) is 0 Å². The number of aryl methyl sites for hydroxylation is 2. The van der Waals surface area contributed by atoms with Crippen molar-refractivity contribution in [2.75, 3.05) is 0 Å². The van der Waals surface area contributed by atoms with Crippen molar-refractivity contribution in [3.05, 3.63) is 42.3 Å². The molecule has 2 heteroatoms. The van der Waals surface area contributed by atoms with Crippen LogP contribution in [0.25, 0.3) is 0 Å². The molecule has 0 aromatic heterocycles. The summed E-state index contributed by atoms with van der Waals surface area (Å²) >= 11 is 0. The van der Waals surface area contributed by atoms with Gasteiger partial charge < -0.3 is 23.9 Å². The largest absolute Gasteiger partial charge is 2.00 e. The number of hydrogen-bond donors (Lipinski definition) is 0. The molecule has 0 atom stereocenters. The molecule has 0 spiro atoms. The van der Waals surface area contributed by atoms with E-state index in [-0.39, 0.29) is 40.0 Å². The Morgan fingerprint density at radius 2 is 1.54 bits per heavy atom. The van der Waals surface area contributed by atoms with Crippen molar-refractivity contribution in [2.45, 2.75) is 26.2 Å². The molecule has 1 aromatic carbocycles. The average molecular weight is 251 g/mol. The zero-order valence-corrected chi connectivity index (χ0v) is 11.2. The molecular weight excluding hydrogens is 236 g/mol. The Morgan fingerprint density at radius 3 is 1.92 bits per heavy atom. The maximum atomic E-state index is 3.82. The van der Waals surface area contributed by atoms with Crippen LogP contribution in [0.1, 0.15) is 24.5 Å². The van der Waals surface area contributed by atoms with E-state index < -0.39 is 0 Å². The van der Waals surface area contributed by atoms with Crippen LogP contribution < -0.4 is 17.0 Å². The van der Waals surface area contributed by atoms with Crippen LogP contribution in [-0.4, -0.2) is 23.1 Å². The van der Waals surface area contributed by atoms with Crippen LogP contribution >= 0.6 is 0 Å². The first-order chi connectivity index (χ1) is 5.36. The fourth-order valence-corrected chi connectivity index (χ4v) is 1.15. The van der Waals surface area contributed by atoms with Gasteiger partial charge in [0.1, 0.15) is 0 Å². The minimum absolute atomic E-state index is 0. The van der Waals surface area contributed by atoms with Gasteiger partial charge in [0.25, 0.3) is 0 Å². The quantitative estimate of drug-likeness (QED) is 0.508. The van der Waals surface area contributed by atoms with Gasteiger partial charge in [-0.3, -0.25) is 0 Å². The molecule has 0 unspecified atom stereocenters. The van der Waals surface area contributed by atoms with Crippen LogP contribution in [0.15, 0.2) is 24.3 Å². The second kappa shape index (κ2) is 9.04. The summed E-state index contributed by atoms with van der Waals surface area (Å²) in [5.41, 5.74) is 2.81. The van der Waals surface area contributed by atoms with Crippen molar-refractivity contribution < 1.29 is 17.0 Å². The zero-order valence-electron chi connectivity index (χ0n) is 8.22. The maximum absolute atomic E-state index is 3.82. The summed E-state index contributed by atoms with van der Waals surface area (Å²) in [6, 6.07) is 8.80. The van der Waals surface area contributed by atoms with Gasteiger partial charge in [-0.2, -0.15) is 6.42 Å². The molecule has 0 N–H and O–H groups in total. The van der Waals surface area contributed by atoms with Gasteiger partial charge in [0.2, 0.25) is 0 Å². The third-order valence-corrected chi connectivity index (χ3v) is 1.90. The normalized spacial score (nSPS) is 8.46. The second-order valence-corrected chi connectivity index (χ2v) is 2.77. The average Bonchev–Trinajstić information content (AvgIpc) is 2.07. The van der Waals surface area contributed by atoms with Crippen LogP contribution in [0.4, 0.5) is 0 Å². The second-order valence-electron chi connectivity index (χ2n) is 2.77. The predicted octanol–water partition coefficient (Wildman–Crippen LogP) is -0.361. The Hall–Kier alpha value is 0.466. The van der Waals surface area contributed by atoms with Crippen molar-refractivity contribution in [2.24, 2.45) is 0 Å². The summed E-state index contributed by atoms with van der Waals surface area (Å²) in [4.78, 5) is 0. The fourth-order valence-electron chi connectivity index (χ4n) is 1.15. The standard InChI is InChI=1S/C11H15.BrH.Mg/c1-3-5-11-8-6-10(4-2)7-9-11;;/h6-9H,1,3-5H2,2H3;1H;/q-1;;+2/p-1. The van der Waals surface area contributed by atoms with Crippen LogP contribution in [-0.2, 0) is 12.8 Å². The van der Waals surface area contributed by atoms with Crippen LogP contribution in [0.2, 0.25) is 0 Å². The Bertz CT molecular complexity index is 206. The molecule has 0 heterocycles. The zero-order chi connectivity index (χ0) is 8.10. The first-order valence-corrected chi connectivity index (χ1v) is 4.24. The summed E-state index contributed by atoms with van der Waals surface area (Å²) in [6.45, 7) is 6.00. The fraction of sp³-hybridized carbons (Fsp3) is 0.364. The van der Waals surface area contributed by atoms with E-state index in [4.69, 9.17) is 0 Å². The first-order valence-electron chi connectivity index (χ1n) is 4.24. The molecule has 0 aliphatic heterocycles. The number of hydrogen-bond acceptors (Lipinski definition) is 0. The minimum Gasteiger partial charge on any atom is -1.00 e. The molecule has 0 radical (unpaired) electrons. The van der Waals surface area contributed by atoms with Crippen molar-refractivity contribution in [3.63, 3.8) is 0 Å². The molecule has 0 saturated carbocycles. The molecule has 0 saturated heterocycles. The van der Waals surface area contributed by atoms with E-state index in [9.17, 15) is 0 Å². The van der Waals surface area contributed by atoms with Gasteiger partial charge in [-0.1, -0.05) is 43.2 Å². The van der Waals surface area contributed by atoms with Gasteiger partial charge in [-0.25, -0.2) is 0 Å². The molecule has 1 aromatic rings. The summed E-state index contributed by atoms with van der Waals surface area (Å²) in [7, 11) is 0. The summed E-state index contributed by atoms with van der Waals surface area (Å²) < 4.78 is 0. The van der Waals surface area contributed by atoms with E-state index in [1.807, 2.05) is 0 Å². The van der Waals surface area contributed by atoms with Crippen LogP contribution in [0.5, 0.6) is 0 Å². The van der Waals surface area contributed by atoms with Crippen molar-refractivity contribution in [1.82, 2.24) is 0 Å². The SMILES string of the molecule is [Br-].[CH2-]CCc1ccc(CC)cc1.[Mg+2]. The smallest absolute Gasteiger partial charge is 1.00 e. The van der Waals surface area contributed by atoms with Gasteiger partial charge in [0.05, 0.1) is 0 Å². The summed E-state index contributed by atoms with van der Waals surface area (Å²) in [5, 5.41) is 0. The van der Waals surface area contributed by atoms with E-state index >= 15 is 0 Å². The first kappa shape index (κ1) is 15.9. The van der Waals surface area contributed by atoms with Crippen molar-refractivity contribution in [1.29, 1.82) is 0 Å². The molecule has 68 valence electrons. The molecular formula is C11H15BrMg. The third-order valence-electron chi connectivity index (χ3n) is 1.90. The molecule has 13 heavy (non-hydrogen) atoms. The summed E-state index contributed by atoms with van der Waals surface area (Å²) in [6.07, 6.45) is 3.22. The number of benzene rings is 1. The van der Waals surface area contributed by atoms with Gasteiger partial charge in [0, 0.05) is 0 Å². The Kier molecular flexibility index (Phi) is 11.1. The van der Waals surface area contributed by atoms with E-state index in [0.29, 0.717) is 0 Å². The molecule has 0 amide bonds. The Morgan fingerprint density at radius 1 is 1.08 bits per heavy atom. The molecule has 0 bridgehead atoms. The van der Waals surface area contributed by atoms with E-state index in [2.05, 4.69) is 38.1 Å².